The normalized spacial score (nSPS) is 28.1. The number of aromatic nitrogens is 3. The molecule has 0 N–H and O–H groups in total. The summed E-state index contributed by atoms with van der Waals surface area (Å²) in [5, 5.41) is 15.5. The number of hydrogen-bond donors (Lipinski definition) is 0. The highest BCUT2D eigenvalue weighted by molar-refractivity contribution is 5.82. The van der Waals surface area contributed by atoms with Gasteiger partial charge in [0.15, 0.2) is 0 Å². The van der Waals surface area contributed by atoms with Crippen molar-refractivity contribution in [2.24, 2.45) is 5.41 Å². The Morgan fingerprint density at radius 3 is 2.71 bits per heavy atom. The quantitative estimate of drug-likeness (QED) is 0.558. The fraction of sp³-hybridized carbons (Fsp3) is 0.500. The number of halogens is 1. The van der Waals surface area contributed by atoms with Crippen LogP contribution in [-0.4, -0.2) is 64.6 Å². The van der Waals surface area contributed by atoms with Crippen LogP contribution < -0.4 is 4.90 Å². The van der Waals surface area contributed by atoms with Crippen LogP contribution in [-0.2, 0) is 10.2 Å². The molecular weight excluding hydrogens is 431 g/mol. The third-order valence-corrected chi connectivity index (χ3v) is 8.59. The maximum absolute atomic E-state index is 14.7. The van der Waals surface area contributed by atoms with Crippen LogP contribution in [0.15, 0.2) is 36.5 Å². The Bertz CT molecular complexity index is 1340. The van der Waals surface area contributed by atoms with Crippen molar-refractivity contribution < 1.29 is 9.13 Å². The van der Waals surface area contributed by atoms with E-state index in [4.69, 9.17) is 4.74 Å². The fourth-order valence-electron chi connectivity index (χ4n) is 6.23. The molecule has 4 aliphatic rings. The number of nitriles is 1. The molecule has 1 spiro atoms. The van der Waals surface area contributed by atoms with Gasteiger partial charge < -0.3 is 9.64 Å². The minimum Gasteiger partial charge on any atom is -0.378 e. The second kappa shape index (κ2) is 7.00. The third kappa shape index (κ3) is 2.87. The zero-order chi connectivity index (χ0) is 23.1. The highest BCUT2D eigenvalue weighted by Gasteiger charge is 2.75. The molecule has 174 valence electrons. The zero-order valence-electron chi connectivity index (χ0n) is 19.2. The molecule has 1 aromatic carbocycles. The van der Waals surface area contributed by atoms with E-state index in [1.165, 1.54) is 6.07 Å². The van der Waals surface area contributed by atoms with E-state index >= 15 is 0 Å². The molecule has 3 aromatic rings. The number of ether oxygens (including phenoxy) is 1. The van der Waals surface area contributed by atoms with Gasteiger partial charge in [0.2, 0.25) is 5.95 Å². The van der Waals surface area contributed by atoms with Gasteiger partial charge in [-0.15, -0.1) is 0 Å². The van der Waals surface area contributed by atoms with Gasteiger partial charge in [-0.25, -0.2) is 9.67 Å². The van der Waals surface area contributed by atoms with Crippen molar-refractivity contribution >= 4 is 16.7 Å². The second-order valence-electron chi connectivity index (χ2n) is 10.5. The molecule has 4 heterocycles. The van der Waals surface area contributed by atoms with Crippen LogP contribution in [0.1, 0.15) is 31.7 Å². The lowest BCUT2D eigenvalue weighted by Crippen LogP contribution is -2.60. The first-order valence-electron chi connectivity index (χ1n) is 12.2. The zero-order valence-corrected chi connectivity index (χ0v) is 19.2. The van der Waals surface area contributed by atoms with Gasteiger partial charge in [0, 0.05) is 43.2 Å². The largest absolute Gasteiger partial charge is 0.378 e. The molecule has 7 rings (SSSR count). The molecule has 34 heavy (non-hydrogen) atoms. The summed E-state index contributed by atoms with van der Waals surface area (Å²) in [6.45, 7) is 6.32. The third-order valence-electron chi connectivity index (χ3n) is 8.59. The van der Waals surface area contributed by atoms with E-state index in [1.54, 1.807) is 10.9 Å². The standard InChI is InChI=1S/C26H27FN6O/c1-17-12-31(6-7-32(17)21-13-34-14-21)24-10-20(9-23(27)30-24)33-22-8-19(3-2-18(22)11-29-33)26(16-28)15-25(26)4-5-25/h2-3,8-11,17,21H,4-7,12-15H2,1H3/t17-,26+/m0/s1. The first-order chi connectivity index (χ1) is 16.5. The van der Waals surface area contributed by atoms with Gasteiger partial charge in [0.05, 0.1) is 48.1 Å². The van der Waals surface area contributed by atoms with Crippen molar-refractivity contribution in [2.45, 2.75) is 43.7 Å². The van der Waals surface area contributed by atoms with Crippen molar-refractivity contribution in [1.29, 1.82) is 5.26 Å². The molecule has 2 saturated heterocycles. The Hall–Kier alpha value is -3.02. The van der Waals surface area contributed by atoms with E-state index in [1.807, 2.05) is 12.1 Å². The molecule has 4 fully saturated rings. The van der Waals surface area contributed by atoms with Crippen molar-refractivity contribution in [3.05, 3.63) is 48.0 Å². The Morgan fingerprint density at radius 1 is 1.18 bits per heavy atom. The Kier molecular flexibility index (Phi) is 4.19. The molecule has 2 aliphatic heterocycles. The molecular formula is C26H27FN6O. The number of fused-ring (bicyclic) bond motifs is 1. The van der Waals surface area contributed by atoms with Crippen LogP contribution in [0.4, 0.5) is 10.2 Å². The first kappa shape index (κ1) is 20.4. The van der Waals surface area contributed by atoms with Crippen LogP contribution in [0.2, 0.25) is 0 Å². The highest BCUT2D eigenvalue weighted by Crippen LogP contribution is 2.78. The first-order valence-corrected chi connectivity index (χ1v) is 12.2. The van der Waals surface area contributed by atoms with Gasteiger partial charge in [-0.05, 0) is 43.2 Å². The Labute approximate surface area is 197 Å². The molecule has 0 radical (unpaired) electrons. The lowest BCUT2D eigenvalue weighted by Gasteiger charge is -2.46. The monoisotopic (exact) mass is 458 g/mol. The summed E-state index contributed by atoms with van der Waals surface area (Å²) in [5.41, 5.74) is 2.43. The highest BCUT2D eigenvalue weighted by atomic mass is 19.1. The van der Waals surface area contributed by atoms with Crippen molar-refractivity contribution in [1.82, 2.24) is 19.7 Å². The Balaban J connectivity index is 1.22. The predicted molar refractivity (Wildman–Crippen MR) is 125 cm³/mol. The molecule has 2 aliphatic carbocycles. The van der Waals surface area contributed by atoms with E-state index in [2.05, 4.69) is 45.0 Å². The fourth-order valence-corrected chi connectivity index (χ4v) is 6.23. The second-order valence-corrected chi connectivity index (χ2v) is 10.5. The molecule has 2 saturated carbocycles. The van der Waals surface area contributed by atoms with Crippen LogP contribution in [0.25, 0.3) is 16.6 Å². The van der Waals surface area contributed by atoms with E-state index in [0.717, 1.165) is 68.6 Å². The van der Waals surface area contributed by atoms with Gasteiger partial charge in [-0.2, -0.15) is 14.8 Å². The van der Waals surface area contributed by atoms with Gasteiger partial charge >= 0.3 is 0 Å². The van der Waals surface area contributed by atoms with E-state index < -0.39 is 5.95 Å². The maximum Gasteiger partial charge on any atom is 0.216 e. The molecule has 0 unspecified atom stereocenters. The minimum atomic E-state index is -0.512. The summed E-state index contributed by atoms with van der Waals surface area (Å²) >= 11 is 0. The lowest BCUT2D eigenvalue weighted by molar-refractivity contribution is -0.0793. The SMILES string of the molecule is C[C@H]1CN(c2cc(-n3ncc4ccc([C@]5(C#N)CC56CC6)cc43)cc(F)n2)CCN1C1COC1. The lowest BCUT2D eigenvalue weighted by atomic mass is 9.93. The number of benzene rings is 1. The van der Waals surface area contributed by atoms with Gasteiger partial charge in [0.1, 0.15) is 5.82 Å². The predicted octanol–water partition coefficient (Wildman–Crippen LogP) is 3.41. The average molecular weight is 459 g/mol. The molecule has 0 amide bonds. The maximum atomic E-state index is 14.7. The molecule has 0 bridgehead atoms. The number of anilines is 1. The molecule has 2 aromatic heterocycles. The summed E-state index contributed by atoms with van der Waals surface area (Å²) in [7, 11) is 0. The van der Waals surface area contributed by atoms with Gasteiger partial charge in [-0.1, -0.05) is 12.1 Å². The van der Waals surface area contributed by atoms with E-state index in [-0.39, 0.29) is 10.8 Å². The van der Waals surface area contributed by atoms with E-state index in [0.29, 0.717) is 23.6 Å². The van der Waals surface area contributed by atoms with Gasteiger partial charge in [0.25, 0.3) is 0 Å². The van der Waals surface area contributed by atoms with Crippen LogP contribution in [0.5, 0.6) is 0 Å². The Morgan fingerprint density at radius 2 is 2.03 bits per heavy atom. The number of pyridine rings is 1. The van der Waals surface area contributed by atoms with Crippen LogP contribution >= 0.6 is 0 Å². The molecule has 8 heteroatoms. The van der Waals surface area contributed by atoms with Gasteiger partial charge in [-0.3, -0.25) is 4.90 Å². The number of piperazine rings is 1. The van der Waals surface area contributed by atoms with Crippen LogP contribution in [0.3, 0.4) is 0 Å². The minimum absolute atomic E-state index is 0.195. The van der Waals surface area contributed by atoms with Crippen molar-refractivity contribution in [2.75, 3.05) is 37.7 Å². The molecule has 2 atom stereocenters. The summed E-state index contributed by atoms with van der Waals surface area (Å²) < 4.78 is 21.9. The number of hydrogen-bond acceptors (Lipinski definition) is 6. The number of nitrogens with zero attached hydrogens (tertiary/aromatic N) is 6. The number of rotatable bonds is 4. The van der Waals surface area contributed by atoms with Crippen molar-refractivity contribution in [3.8, 4) is 11.8 Å². The average Bonchev–Trinajstić information content (AvgIpc) is 3.67. The van der Waals surface area contributed by atoms with Crippen LogP contribution in [0, 0.1) is 22.7 Å². The molecule has 7 nitrogen and oxygen atoms in total. The summed E-state index contributed by atoms with van der Waals surface area (Å²) in [5.74, 6) is 0.126. The topological polar surface area (TPSA) is 70.2 Å². The summed E-state index contributed by atoms with van der Waals surface area (Å²) in [4.78, 5) is 8.87. The smallest absolute Gasteiger partial charge is 0.216 e. The summed E-state index contributed by atoms with van der Waals surface area (Å²) in [6, 6.07) is 13.0. The van der Waals surface area contributed by atoms with E-state index in [9.17, 15) is 9.65 Å². The summed E-state index contributed by atoms with van der Waals surface area (Å²) in [6.07, 6.45) is 5.02. The van der Waals surface area contributed by atoms with Crippen molar-refractivity contribution in [3.63, 3.8) is 0 Å².